The van der Waals surface area contributed by atoms with Crippen LogP contribution >= 0.6 is 0 Å². The first-order valence-electron chi connectivity index (χ1n) is 8.26. The normalized spacial score (nSPS) is 10.9. The molecule has 7 heteroatoms. The van der Waals surface area contributed by atoms with Crippen molar-refractivity contribution < 1.29 is 14.7 Å². The van der Waals surface area contributed by atoms with Gasteiger partial charge in [0, 0.05) is 11.6 Å². The number of carboxylic acids is 1. The molecule has 3 aromatic rings. The number of hydrogen-bond acceptors (Lipinski definition) is 4. The van der Waals surface area contributed by atoms with Crippen molar-refractivity contribution in [1.29, 1.82) is 0 Å². The molecule has 0 radical (unpaired) electrons. The summed E-state index contributed by atoms with van der Waals surface area (Å²) in [5, 5.41) is 11.9. The molecule has 7 nitrogen and oxygen atoms in total. The number of H-pyrrole nitrogens is 1. The van der Waals surface area contributed by atoms with Crippen LogP contribution in [0.4, 0.5) is 5.95 Å². The zero-order valence-electron chi connectivity index (χ0n) is 15.1. The van der Waals surface area contributed by atoms with Crippen molar-refractivity contribution in [2.24, 2.45) is 5.41 Å². The Balaban J connectivity index is 1.93. The van der Waals surface area contributed by atoms with Gasteiger partial charge in [0.1, 0.15) is 11.2 Å². The Bertz CT molecular complexity index is 1100. The van der Waals surface area contributed by atoms with Crippen LogP contribution in [0.25, 0.3) is 11.0 Å². The zero-order chi connectivity index (χ0) is 19.6. The van der Waals surface area contributed by atoms with E-state index in [4.69, 9.17) is 0 Å². The quantitative estimate of drug-likeness (QED) is 0.620. The zero-order valence-corrected chi connectivity index (χ0v) is 15.1. The average molecular weight is 362 g/mol. The molecule has 0 saturated carbocycles. The number of anilines is 1. The third kappa shape index (κ3) is 4.12. The minimum atomic E-state index is -1.09. The lowest BCUT2D eigenvalue weighted by molar-refractivity contribution is 0.0698. The topological polar surface area (TPSA) is 108 Å². The number of hydrogen-bond donors (Lipinski definition) is 3. The molecule has 3 rings (SSSR count). The van der Waals surface area contributed by atoms with Crippen molar-refractivity contribution >= 4 is 28.9 Å². The lowest BCUT2D eigenvalue weighted by Gasteiger charge is -2.08. The lowest BCUT2D eigenvalue weighted by Crippen LogP contribution is -2.16. The average Bonchev–Trinajstić information content (AvgIpc) is 3.01. The predicted molar refractivity (Wildman–Crippen MR) is 102 cm³/mol. The molecule has 0 saturated heterocycles. The van der Waals surface area contributed by atoms with Crippen molar-refractivity contribution in [3.63, 3.8) is 0 Å². The van der Waals surface area contributed by atoms with Gasteiger partial charge < -0.3 is 10.1 Å². The Morgan fingerprint density at radius 3 is 2.67 bits per heavy atom. The van der Waals surface area contributed by atoms with Crippen LogP contribution in [0.1, 0.15) is 47.2 Å². The monoisotopic (exact) mass is 362 g/mol. The second-order valence-corrected chi connectivity index (χ2v) is 6.95. The van der Waals surface area contributed by atoms with Crippen molar-refractivity contribution in [3.8, 4) is 11.8 Å². The van der Waals surface area contributed by atoms with Crippen LogP contribution in [0, 0.1) is 17.3 Å². The van der Waals surface area contributed by atoms with E-state index in [1.54, 1.807) is 24.3 Å². The molecule has 0 atom stereocenters. The summed E-state index contributed by atoms with van der Waals surface area (Å²) < 4.78 is 0. The highest BCUT2D eigenvalue weighted by atomic mass is 16.4. The van der Waals surface area contributed by atoms with Gasteiger partial charge in [-0.1, -0.05) is 17.9 Å². The molecular formula is C20H18N4O3. The summed E-state index contributed by atoms with van der Waals surface area (Å²) in [5.74, 6) is 4.64. The summed E-state index contributed by atoms with van der Waals surface area (Å²) in [6.45, 7) is 5.93. The van der Waals surface area contributed by atoms with Crippen molar-refractivity contribution in [3.05, 3.63) is 53.3 Å². The second kappa shape index (κ2) is 6.92. The molecule has 2 aromatic heterocycles. The molecule has 0 fully saturated rings. The third-order valence-electron chi connectivity index (χ3n) is 3.57. The highest BCUT2D eigenvalue weighted by Gasteiger charge is 2.17. The number of carboxylic acid groups (broad SMARTS) is 1. The number of fused-ring (bicyclic) bond motifs is 1. The molecule has 0 spiro atoms. The fourth-order valence-corrected chi connectivity index (χ4v) is 2.37. The molecule has 1 amide bonds. The maximum atomic E-state index is 12.6. The van der Waals surface area contributed by atoms with Gasteiger partial charge in [0.2, 0.25) is 5.95 Å². The smallest absolute Gasteiger partial charge is 0.337 e. The van der Waals surface area contributed by atoms with E-state index >= 15 is 0 Å². The molecule has 0 aliphatic carbocycles. The van der Waals surface area contributed by atoms with Crippen LogP contribution in [0.3, 0.4) is 0 Å². The highest BCUT2D eigenvalue weighted by molar-refractivity contribution is 6.05. The van der Waals surface area contributed by atoms with Crippen molar-refractivity contribution in [2.75, 3.05) is 5.32 Å². The Labute approximate surface area is 155 Å². The highest BCUT2D eigenvalue weighted by Crippen LogP contribution is 2.19. The fourth-order valence-electron chi connectivity index (χ4n) is 2.37. The number of carbonyl (C=O) groups excluding carboxylic acids is 1. The molecule has 0 unspecified atom stereocenters. The van der Waals surface area contributed by atoms with Crippen molar-refractivity contribution in [2.45, 2.75) is 20.8 Å². The summed E-state index contributed by atoms with van der Waals surface area (Å²) in [6, 6.07) is 8.18. The standard InChI is InChI=1S/C20H18N4O3/c1-20(2,3)10-9-12-6-5-11-21-15(12)17(25)24-19-22-14-8-4-7-13(18(26)27)16(14)23-19/h4-8,11H,1-3H3,(H,26,27)(H2,22,23,24,25). The molecule has 0 aliphatic heterocycles. The fraction of sp³-hybridized carbons (Fsp3) is 0.200. The number of nitrogens with one attached hydrogen (secondary N) is 2. The number of rotatable bonds is 3. The van der Waals surface area contributed by atoms with Gasteiger partial charge in [-0.05, 0) is 45.0 Å². The van der Waals surface area contributed by atoms with Gasteiger partial charge in [-0.3, -0.25) is 10.1 Å². The Hall–Kier alpha value is -3.66. The first kappa shape index (κ1) is 18.1. The number of pyridine rings is 1. The van der Waals surface area contributed by atoms with E-state index in [9.17, 15) is 14.7 Å². The minimum Gasteiger partial charge on any atom is -0.478 e. The second-order valence-electron chi connectivity index (χ2n) is 6.95. The molecule has 1 aromatic carbocycles. The number of benzene rings is 1. The molecule has 2 heterocycles. The third-order valence-corrected chi connectivity index (χ3v) is 3.57. The van der Waals surface area contributed by atoms with Gasteiger partial charge >= 0.3 is 5.97 Å². The molecular weight excluding hydrogens is 344 g/mol. The van der Waals surface area contributed by atoms with Gasteiger partial charge in [0.15, 0.2) is 0 Å². The van der Waals surface area contributed by atoms with Crippen LogP contribution in [0.2, 0.25) is 0 Å². The lowest BCUT2D eigenvalue weighted by atomic mass is 9.97. The summed E-state index contributed by atoms with van der Waals surface area (Å²) >= 11 is 0. The van der Waals surface area contributed by atoms with E-state index in [1.165, 1.54) is 12.3 Å². The number of imidazole rings is 1. The maximum Gasteiger partial charge on any atom is 0.337 e. The summed E-state index contributed by atoms with van der Waals surface area (Å²) in [5.41, 5.74) is 1.31. The number of nitrogens with zero attached hydrogens (tertiary/aromatic N) is 2. The molecule has 3 N–H and O–H groups in total. The summed E-state index contributed by atoms with van der Waals surface area (Å²) in [4.78, 5) is 35.1. The molecule has 0 bridgehead atoms. The number of aromatic nitrogens is 3. The number of aromatic carboxylic acids is 1. The van der Waals surface area contributed by atoms with Crippen LogP contribution in [0.5, 0.6) is 0 Å². The number of amides is 1. The number of carbonyl (C=O) groups is 2. The summed E-state index contributed by atoms with van der Waals surface area (Å²) in [7, 11) is 0. The molecule has 27 heavy (non-hydrogen) atoms. The van der Waals surface area contributed by atoms with Crippen LogP contribution in [0.15, 0.2) is 36.5 Å². The van der Waals surface area contributed by atoms with Gasteiger partial charge in [-0.25, -0.2) is 14.8 Å². The Kier molecular flexibility index (Phi) is 4.65. The van der Waals surface area contributed by atoms with Crippen LogP contribution in [-0.2, 0) is 0 Å². The van der Waals surface area contributed by atoms with Crippen LogP contribution in [-0.4, -0.2) is 31.9 Å². The van der Waals surface area contributed by atoms with E-state index in [1.807, 2.05) is 20.8 Å². The van der Waals surface area contributed by atoms with Gasteiger partial charge in [0.25, 0.3) is 5.91 Å². The number of aromatic amines is 1. The van der Waals surface area contributed by atoms with E-state index in [0.717, 1.165) is 0 Å². The van der Waals surface area contributed by atoms with E-state index in [0.29, 0.717) is 11.1 Å². The molecule has 136 valence electrons. The van der Waals surface area contributed by atoms with E-state index in [2.05, 4.69) is 32.1 Å². The first-order valence-corrected chi connectivity index (χ1v) is 8.26. The van der Waals surface area contributed by atoms with Crippen LogP contribution < -0.4 is 5.32 Å². The van der Waals surface area contributed by atoms with Gasteiger partial charge in [0.05, 0.1) is 16.6 Å². The maximum absolute atomic E-state index is 12.6. The van der Waals surface area contributed by atoms with E-state index in [-0.39, 0.29) is 28.1 Å². The van der Waals surface area contributed by atoms with Gasteiger partial charge in [-0.2, -0.15) is 0 Å². The van der Waals surface area contributed by atoms with Crippen molar-refractivity contribution in [1.82, 2.24) is 15.0 Å². The minimum absolute atomic E-state index is 0.0545. The van der Waals surface area contributed by atoms with E-state index < -0.39 is 11.9 Å². The number of para-hydroxylation sites is 1. The first-order chi connectivity index (χ1) is 12.7. The molecule has 0 aliphatic rings. The Morgan fingerprint density at radius 1 is 1.19 bits per heavy atom. The van der Waals surface area contributed by atoms with Gasteiger partial charge in [-0.15, -0.1) is 0 Å². The predicted octanol–water partition coefficient (Wildman–Crippen LogP) is 3.31. The SMILES string of the molecule is CC(C)(C)C#Cc1cccnc1C(=O)Nc1nc2c(C(=O)O)cccc2[nH]1. The Morgan fingerprint density at radius 2 is 1.96 bits per heavy atom. The summed E-state index contributed by atoms with van der Waals surface area (Å²) in [6.07, 6.45) is 1.51. The largest absolute Gasteiger partial charge is 0.478 e.